The van der Waals surface area contributed by atoms with Crippen molar-refractivity contribution in [3.8, 4) is 5.75 Å². The van der Waals surface area contributed by atoms with E-state index in [2.05, 4.69) is 0 Å². The first-order chi connectivity index (χ1) is 6.06. The van der Waals surface area contributed by atoms with Crippen LogP contribution in [0, 0.1) is 6.92 Å². The summed E-state index contributed by atoms with van der Waals surface area (Å²) in [7, 11) is 1.50. The van der Waals surface area contributed by atoms with Gasteiger partial charge >= 0.3 is 5.97 Å². The molecule has 1 aromatic rings. The zero-order chi connectivity index (χ0) is 10.0. The van der Waals surface area contributed by atoms with Gasteiger partial charge in [-0.15, -0.1) is 11.3 Å². The maximum atomic E-state index is 10.6. The van der Waals surface area contributed by atoms with E-state index in [9.17, 15) is 4.79 Å². The number of carboxylic acid groups (broad SMARTS) is 1. The number of carbonyl (C=O) groups is 1. The highest BCUT2D eigenvalue weighted by Gasteiger charge is 2.21. The average Bonchev–Trinajstić information content (AvgIpc) is 2.45. The molecule has 13 heavy (non-hydrogen) atoms. The second kappa shape index (κ2) is 3.76. The van der Waals surface area contributed by atoms with Crippen molar-refractivity contribution >= 4 is 17.3 Å². The Bertz CT molecular complexity index is 321. The Morgan fingerprint density at radius 1 is 1.77 bits per heavy atom. The lowest BCUT2D eigenvalue weighted by molar-refractivity contribution is -0.138. The average molecular weight is 201 g/mol. The summed E-state index contributed by atoms with van der Waals surface area (Å²) in [5.74, 6) is -0.488. The Kier molecular flexibility index (Phi) is 2.90. The van der Waals surface area contributed by atoms with Gasteiger partial charge in [0, 0.05) is 4.88 Å². The van der Waals surface area contributed by atoms with Gasteiger partial charge < -0.3 is 15.6 Å². The lowest BCUT2D eigenvalue weighted by Gasteiger charge is -2.05. The zero-order valence-electron chi connectivity index (χ0n) is 7.40. The molecule has 3 N–H and O–H groups in total. The number of hydrogen-bond acceptors (Lipinski definition) is 4. The van der Waals surface area contributed by atoms with E-state index in [4.69, 9.17) is 15.6 Å². The second-order valence-electron chi connectivity index (χ2n) is 2.61. The minimum Gasteiger partial charge on any atom is -0.496 e. The lowest BCUT2D eigenvalue weighted by atomic mass is 10.2. The number of methoxy groups -OCH3 is 1. The van der Waals surface area contributed by atoms with Crippen LogP contribution in [0.1, 0.15) is 15.8 Å². The van der Waals surface area contributed by atoms with Crippen LogP contribution in [0.4, 0.5) is 0 Å². The van der Waals surface area contributed by atoms with Crippen molar-refractivity contribution in [1.82, 2.24) is 0 Å². The van der Waals surface area contributed by atoms with Crippen molar-refractivity contribution in [2.24, 2.45) is 5.73 Å². The molecule has 1 atom stereocenters. The van der Waals surface area contributed by atoms with Crippen molar-refractivity contribution in [1.29, 1.82) is 0 Å². The molecule has 0 spiro atoms. The van der Waals surface area contributed by atoms with Gasteiger partial charge in [0.2, 0.25) is 0 Å². The number of nitrogens with two attached hydrogens (primary N) is 1. The molecule has 1 aromatic heterocycles. The molecule has 0 bridgehead atoms. The Morgan fingerprint density at radius 2 is 2.38 bits per heavy atom. The molecule has 1 heterocycles. The zero-order valence-corrected chi connectivity index (χ0v) is 8.22. The fourth-order valence-electron chi connectivity index (χ4n) is 0.997. The number of rotatable bonds is 3. The number of aliphatic carboxylic acids is 1. The van der Waals surface area contributed by atoms with Crippen molar-refractivity contribution < 1.29 is 14.6 Å². The molecule has 0 radical (unpaired) electrons. The van der Waals surface area contributed by atoms with E-state index in [1.807, 2.05) is 6.92 Å². The third-order valence-corrected chi connectivity index (χ3v) is 2.73. The van der Waals surface area contributed by atoms with Gasteiger partial charge in [0.25, 0.3) is 0 Å². The number of aryl methyl sites for hydroxylation is 1. The molecule has 4 nitrogen and oxygen atoms in total. The highest BCUT2D eigenvalue weighted by Crippen LogP contribution is 2.32. The SMILES string of the molecule is COc1cc(C)sc1C(N)C(=O)O. The van der Waals surface area contributed by atoms with Crippen LogP contribution >= 0.6 is 11.3 Å². The number of thiophene rings is 1. The fraction of sp³-hybridized carbons (Fsp3) is 0.375. The molecule has 0 aliphatic heterocycles. The van der Waals surface area contributed by atoms with Crippen molar-refractivity contribution in [2.75, 3.05) is 7.11 Å². The molecule has 0 saturated heterocycles. The van der Waals surface area contributed by atoms with Crippen LogP contribution in [0.5, 0.6) is 5.75 Å². The first kappa shape index (κ1) is 10.0. The van der Waals surface area contributed by atoms with Crippen LogP contribution < -0.4 is 10.5 Å². The molecule has 0 amide bonds. The van der Waals surface area contributed by atoms with Gasteiger partial charge in [-0.2, -0.15) is 0 Å². The summed E-state index contributed by atoms with van der Waals surface area (Å²) >= 11 is 1.34. The predicted octanol–water partition coefficient (Wildman–Crippen LogP) is 1.15. The first-order valence-corrected chi connectivity index (χ1v) is 4.50. The van der Waals surface area contributed by atoms with Crippen molar-refractivity contribution in [3.05, 3.63) is 15.8 Å². The van der Waals surface area contributed by atoms with Gasteiger partial charge in [-0.1, -0.05) is 0 Å². The van der Waals surface area contributed by atoms with Crippen LogP contribution in [0.25, 0.3) is 0 Å². The van der Waals surface area contributed by atoms with Crippen LogP contribution in [0.2, 0.25) is 0 Å². The molecular formula is C8H11NO3S. The summed E-state index contributed by atoms with van der Waals surface area (Å²) < 4.78 is 5.00. The third kappa shape index (κ3) is 1.99. The summed E-state index contributed by atoms with van der Waals surface area (Å²) in [5, 5.41) is 8.69. The molecule has 5 heteroatoms. The standard InChI is InChI=1S/C8H11NO3S/c1-4-3-5(12-2)7(13-4)6(9)8(10)11/h3,6H,9H2,1-2H3,(H,10,11). The fourth-order valence-corrected chi connectivity index (χ4v) is 1.98. The Labute approximate surface area is 79.9 Å². The van der Waals surface area contributed by atoms with E-state index in [-0.39, 0.29) is 0 Å². The predicted molar refractivity (Wildman–Crippen MR) is 50.2 cm³/mol. The topological polar surface area (TPSA) is 72.5 Å². The van der Waals surface area contributed by atoms with Gasteiger partial charge in [-0.05, 0) is 13.0 Å². The maximum absolute atomic E-state index is 10.6. The van der Waals surface area contributed by atoms with E-state index >= 15 is 0 Å². The van der Waals surface area contributed by atoms with E-state index in [1.165, 1.54) is 18.4 Å². The highest BCUT2D eigenvalue weighted by atomic mass is 32.1. The molecular weight excluding hydrogens is 190 g/mol. The molecule has 1 rings (SSSR count). The van der Waals surface area contributed by atoms with Gasteiger partial charge in [0.1, 0.15) is 11.8 Å². The van der Waals surface area contributed by atoms with Crippen LogP contribution in [0.15, 0.2) is 6.07 Å². The summed E-state index contributed by atoms with van der Waals surface area (Å²) in [5.41, 5.74) is 5.46. The first-order valence-electron chi connectivity index (χ1n) is 3.69. The van der Waals surface area contributed by atoms with Gasteiger partial charge in [-0.25, -0.2) is 0 Å². The van der Waals surface area contributed by atoms with Crippen LogP contribution in [-0.4, -0.2) is 18.2 Å². The molecule has 0 fully saturated rings. The summed E-state index contributed by atoms with van der Waals surface area (Å²) in [6.45, 7) is 1.88. The maximum Gasteiger partial charge on any atom is 0.326 e. The molecule has 0 aliphatic carbocycles. The molecule has 1 unspecified atom stereocenters. The van der Waals surface area contributed by atoms with E-state index in [0.717, 1.165) is 4.88 Å². The highest BCUT2D eigenvalue weighted by molar-refractivity contribution is 7.12. The number of hydrogen-bond donors (Lipinski definition) is 2. The monoisotopic (exact) mass is 201 g/mol. The molecule has 0 aliphatic rings. The summed E-state index contributed by atoms with van der Waals surface area (Å²) in [6, 6.07) is 0.789. The quantitative estimate of drug-likeness (QED) is 0.769. The van der Waals surface area contributed by atoms with Crippen LogP contribution in [0.3, 0.4) is 0 Å². The van der Waals surface area contributed by atoms with Gasteiger partial charge in [0.05, 0.1) is 12.0 Å². The third-order valence-electron chi connectivity index (χ3n) is 1.62. The normalized spacial score (nSPS) is 12.5. The molecule has 0 saturated carbocycles. The Balaban J connectivity index is 3.05. The van der Waals surface area contributed by atoms with Crippen LogP contribution in [-0.2, 0) is 4.79 Å². The van der Waals surface area contributed by atoms with Crippen molar-refractivity contribution in [2.45, 2.75) is 13.0 Å². The van der Waals surface area contributed by atoms with Gasteiger partial charge in [0.15, 0.2) is 0 Å². The Morgan fingerprint density at radius 3 is 2.85 bits per heavy atom. The van der Waals surface area contributed by atoms with E-state index < -0.39 is 12.0 Å². The minimum absolute atomic E-state index is 0.553. The summed E-state index contributed by atoms with van der Waals surface area (Å²) in [4.78, 5) is 12.2. The lowest BCUT2D eigenvalue weighted by Crippen LogP contribution is -2.19. The smallest absolute Gasteiger partial charge is 0.326 e. The number of carboxylic acids is 1. The second-order valence-corrected chi connectivity index (χ2v) is 3.89. The molecule has 0 aromatic carbocycles. The van der Waals surface area contributed by atoms with Gasteiger partial charge in [-0.3, -0.25) is 4.79 Å². The number of ether oxygens (including phenoxy) is 1. The Hall–Kier alpha value is -1.07. The largest absolute Gasteiger partial charge is 0.496 e. The van der Waals surface area contributed by atoms with Crippen molar-refractivity contribution in [3.63, 3.8) is 0 Å². The van der Waals surface area contributed by atoms with E-state index in [0.29, 0.717) is 10.6 Å². The summed E-state index contributed by atoms with van der Waals surface area (Å²) in [6.07, 6.45) is 0. The minimum atomic E-state index is -1.04. The molecule has 72 valence electrons. The van der Waals surface area contributed by atoms with E-state index in [1.54, 1.807) is 6.07 Å².